The van der Waals surface area contributed by atoms with Gasteiger partial charge in [-0.2, -0.15) is 10.2 Å². The van der Waals surface area contributed by atoms with Crippen LogP contribution in [0.3, 0.4) is 0 Å². The second-order valence-electron chi connectivity index (χ2n) is 13.5. The van der Waals surface area contributed by atoms with Crippen LogP contribution in [0.4, 0.5) is 4.39 Å². The van der Waals surface area contributed by atoms with Gasteiger partial charge in [-0.1, -0.05) is 43.3 Å². The molecule has 17 nitrogen and oxygen atoms in total. The third-order valence-electron chi connectivity index (χ3n) is 8.04. The van der Waals surface area contributed by atoms with Crippen LogP contribution >= 0.6 is 15.5 Å². The number of H-pyrrole nitrogens is 1. The molecule has 1 aliphatic heterocycles. The van der Waals surface area contributed by atoms with Gasteiger partial charge >= 0.3 is 33.1 Å². The minimum Gasteiger partial charge on any atom is -0.462 e. The number of benzene rings is 2. The minimum absolute atomic E-state index is 0.0834. The van der Waals surface area contributed by atoms with Crippen LogP contribution in [0.1, 0.15) is 54.7 Å². The summed E-state index contributed by atoms with van der Waals surface area (Å²) in [7, 11) is -9.09. The maximum absolute atomic E-state index is 16.9. The molecule has 302 valence electrons. The number of aromatic amines is 1. The van der Waals surface area contributed by atoms with Gasteiger partial charge in [-0.25, -0.2) is 18.3 Å². The Balaban J connectivity index is 1.69. The van der Waals surface area contributed by atoms with E-state index in [1.165, 1.54) is 45.0 Å². The van der Waals surface area contributed by atoms with Gasteiger partial charge < -0.3 is 23.3 Å². The summed E-state index contributed by atoms with van der Waals surface area (Å²) in [5.74, 6) is -1.36. The number of nitrogens with one attached hydrogen (secondary N) is 3. The van der Waals surface area contributed by atoms with E-state index in [-0.39, 0.29) is 11.5 Å². The predicted molar refractivity (Wildman–Crippen MR) is 197 cm³/mol. The van der Waals surface area contributed by atoms with Crippen molar-refractivity contribution in [1.29, 1.82) is 0 Å². The molecule has 0 saturated carbocycles. The number of carbonyl (C=O) groups is 2. The Labute approximate surface area is 317 Å². The SMILES string of the molecule is CC(C)OC(=O)[C@H](C)NP(=O)(OC[C@H]1O[C@@H](n2ccc(=O)[nH]c2=O)C(F)[C@]1(C)COP(=O)(N[C@@H](C)C(=O)OC(C)C)Oc1ccccc1)Oc1ccccc1. The second-order valence-corrected chi connectivity index (χ2v) is 16.9. The van der Waals surface area contributed by atoms with Crippen molar-refractivity contribution in [3.63, 3.8) is 0 Å². The molecule has 3 N–H and O–H groups in total. The standard InChI is InChI=1S/C35H47FN4O13P2/c1-22(2)49-32(42)24(5)38-54(45,52-26-14-10-8-11-15-26)47-20-28-35(7,30(36)31(51-28)40-19-18-29(41)37-34(40)44)21-48-55(46,53-27-16-12-9-13-17-27)39-25(6)33(43)50-23(3)4/h8-19,22-25,28,30-31H,20-21H2,1-7H3,(H,38,45)(H,39,46)(H,37,41,44)/t24-,25-,28+,30?,31+,35+,54?,55?/m0/s1. The molecule has 1 aliphatic rings. The first-order valence-corrected chi connectivity index (χ1v) is 20.5. The first-order valence-electron chi connectivity index (χ1n) is 17.4. The van der Waals surface area contributed by atoms with Crippen LogP contribution in [-0.2, 0) is 42.0 Å². The highest BCUT2D eigenvalue weighted by Crippen LogP contribution is 2.53. The molecule has 2 heterocycles. The van der Waals surface area contributed by atoms with E-state index in [2.05, 4.69) is 10.2 Å². The van der Waals surface area contributed by atoms with E-state index >= 15 is 4.39 Å². The largest absolute Gasteiger partial charge is 0.462 e. The molecule has 4 rings (SSSR count). The number of hydrogen-bond donors (Lipinski definition) is 3. The van der Waals surface area contributed by atoms with Crippen molar-refractivity contribution in [1.82, 2.24) is 19.7 Å². The van der Waals surface area contributed by atoms with Crippen molar-refractivity contribution < 1.29 is 55.4 Å². The zero-order chi connectivity index (χ0) is 40.6. The zero-order valence-electron chi connectivity index (χ0n) is 31.4. The Morgan fingerprint density at radius 3 is 1.75 bits per heavy atom. The monoisotopic (exact) mass is 812 g/mol. The van der Waals surface area contributed by atoms with E-state index in [0.29, 0.717) is 0 Å². The molecule has 3 aromatic rings. The van der Waals surface area contributed by atoms with Gasteiger partial charge in [-0.3, -0.25) is 33.0 Å². The smallest absolute Gasteiger partial charge is 0.459 e. The third kappa shape index (κ3) is 11.9. The Kier molecular flexibility index (Phi) is 14.8. The average Bonchev–Trinajstić information content (AvgIpc) is 3.35. The Hall–Kier alpha value is -4.15. The molecule has 0 radical (unpaired) electrons. The summed E-state index contributed by atoms with van der Waals surface area (Å²) in [5.41, 5.74) is -3.63. The number of ether oxygens (including phenoxy) is 3. The van der Waals surface area contributed by atoms with Crippen LogP contribution in [0.25, 0.3) is 0 Å². The molecule has 1 aromatic heterocycles. The quantitative estimate of drug-likeness (QED) is 0.107. The number of carbonyl (C=O) groups excluding carboxylic acids is 2. The van der Waals surface area contributed by atoms with Gasteiger partial charge in [0, 0.05) is 12.3 Å². The van der Waals surface area contributed by atoms with Crippen LogP contribution < -0.4 is 30.5 Å². The minimum atomic E-state index is -4.56. The number of hydrogen-bond acceptors (Lipinski definition) is 13. The van der Waals surface area contributed by atoms with Gasteiger partial charge in [0.25, 0.3) is 5.56 Å². The number of esters is 2. The average molecular weight is 813 g/mol. The fourth-order valence-corrected chi connectivity index (χ4v) is 8.29. The lowest BCUT2D eigenvalue weighted by molar-refractivity contribution is -0.150. The van der Waals surface area contributed by atoms with E-state index < -0.39 is 100 Å². The fraction of sp³-hybridized carbons (Fsp3) is 0.486. The molecule has 0 amide bonds. The Morgan fingerprint density at radius 2 is 1.29 bits per heavy atom. The van der Waals surface area contributed by atoms with Crippen molar-refractivity contribution in [2.45, 2.75) is 91.3 Å². The normalized spacial score (nSPS) is 23.0. The summed E-state index contributed by atoms with van der Waals surface area (Å²) in [6.07, 6.45) is -5.27. The number of para-hydroxylation sites is 2. The molecule has 0 bridgehead atoms. The number of alkyl halides is 1. The molecule has 2 aromatic carbocycles. The molecule has 8 atom stereocenters. The number of rotatable bonds is 19. The molecular weight excluding hydrogens is 765 g/mol. The van der Waals surface area contributed by atoms with Crippen LogP contribution in [-0.4, -0.2) is 71.3 Å². The predicted octanol–water partition coefficient (Wildman–Crippen LogP) is 5.05. The van der Waals surface area contributed by atoms with Crippen molar-refractivity contribution in [3.05, 3.63) is 93.8 Å². The lowest BCUT2D eigenvalue weighted by atomic mass is 9.82. The van der Waals surface area contributed by atoms with Gasteiger partial charge in [0.15, 0.2) is 12.4 Å². The van der Waals surface area contributed by atoms with Crippen molar-refractivity contribution in [3.8, 4) is 11.5 Å². The van der Waals surface area contributed by atoms with E-state index in [1.807, 2.05) is 4.98 Å². The van der Waals surface area contributed by atoms with E-state index in [1.54, 1.807) is 64.1 Å². The lowest BCUT2D eigenvalue weighted by Crippen LogP contribution is -2.44. The molecule has 1 fully saturated rings. The number of halogens is 1. The summed E-state index contributed by atoms with van der Waals surface area (Å²) >= 11 is 0. The molecule has 20 heteroatoms. The van der Waals surface area contributed by atoms with Gasteiger partial charge in [-0.15, -0.1) is 0 Å². The van der Waals surface area contributed by atoms with Crippen molar-refractivity contribution >= 4 is 27.4 Å². The van der Waals surface area contributed by atoms with Gasteiger partial charge in [-0.05, 0) is 65.8 Å². The molecule has 0 spiro atoms. The van der Waals surface area contributed by atoms with Crippen LogP contribution in [0.5, 0.6) is 11.5 Å². The second kappa shape index (κ2) is 18.7. The highest BCUT2D eigenvalue weighted by molar-refractivity contribution is 7.52. The first kappa shape index (κ1) is 43.6. The van der Waals surface area contributed by atoms with Crippen LogP contribution in [0, 0.1) is 5.41 Å². The Bertz CT molecular complexity index is 1970. The van der Waals surface area contributed by atoms with E-state index in [0.717, 1.165) is 16.8 Å². The fourth-order valence-electron chi connectivity index (χ4n) is 5.19. The lowest BCUT2D eigenvalue weighted by Gasteiger charge is -2.33. The zero-order valence-corrected chi connectivity index (χ0v) is 33.2. The highest BCUT2D eigenvalue weighted by atomic mass is 31.2. The van der Waals surface area contributed by atoms with Gasteiger partial charge in [0.05, 0.1) is 36.9 Å². The maximum atomic E-state index is 16.9. The number of nitrogens with zero attached hydrogens (tertiary/aromatic N) is 1. The third-order valence-corrected chi connectivity index (χ3v) is 11.3. The molecular formula is C35H47FN4O13P2. The van der Waals surface area contributed by atoms with Crippen molar-refractivity contribution in [2.75, 3.05) is 13.2 Å². The summed E-state index contributed by atoms with van der Waals surface area (Å²) in [4.78, 5) is 52.1. The Morgan fingerprint density at radius 1 is 0.818 bits per heavy atom. The molecule has 55 heavy (non-hydrogen) atoms. The summed E-state index contributed by atoms with van der Waals surface area (Å²) < 4.78 is 86.0. The van der Waals surface area contributed by atoms with Crippen LogP contribution in [0.15, 0.2) is 82.5 Å². The van der Waals surface area contributed by atoms with Gasteiger partial charge in [0.1, 0.15) is 23.6 Å². The summed E-state index contributed by atoms with van der Waals surface area (Å²) in [6.45, 7) is 9.14. The highest BCUT2D eigenvalue weighted by Gasteiger charge is 2.57. The maximum Gasteiger partial charge on any atom is 0.459 e. The summed E-state index contributed by atoms with van der Waals surface area (Å²) in [6, 6.07) is 14.3. The van der Waals surface area contributed by atoms with Gasteiger partial charge in [0.2, 0.25) is 0 Å². The van der Waals surface area contributed by atoms with E-state index in [9.17, 15) is 28.3 Å². The molecule has 0 aliphatic carbocycles. The van der Waals surface area contributed by atoms with E-state index in [4.69, 9.17) is 32.3 Å². The molecule has 1 saturated heterocycles. The first-order chi connectivity index (χ1) is 25.8. The van der Waals surface area contributed by atoms with Crippen molar-refractivity contribution in [2.24, 2.45) is 5.41 Å². The van der Waals surface area contributed by atoms with Crippen LogP contribution in [0.2, 0.25) is 0 Å². The number of aromatic nitrogens is 2. The summed E-state index contributed by atoms with van der Waals surface area (Å²) in [5, 5.41) is 5.07. The molecule has 3 unspecified atom stereocenters. The topological polar surface area (TPSA) is 212 Å².